The van der Waals surface area contributed by atoms with E-state index in [0.717, 1.165) is 0 Å². The predicted molar refractivity (Wildman–Crippen MR) is 66.7 cm³/mol. The van der Waals surface area contributed by atoms with E-state index >= 15 is 0 Å². The summed E-state index contributed by atoms with van der Waals surface area (Å²) in [5, 5.41) is 0. The minimum absolute atomic E-state index is 0.0693. The number of fused-ring (bicyclic) bond motifs is 5. The summed E-state index contributed by atoms with van der Waals surface area (Å²) in [5.41, 5.74) is -0.649. The Hall–Kier alpha value is -1.63. The van der Waals surface area contributed by atoms with Crippen LogP contribution < -0.4 is 0 Å². The second-order valence-electron chi connectivity index (χ2n) is 6.17. The number of carbonyl (C=O) groups is 3. The third-order valence-corrected chi connectivity index (χ3v) is 4.42. The fraction of sp³-hybridized carbons (Fsp3) is 0.786. The molecule has 4 bridgehead atoms. The summed E-state index contributed by atoms with van der Waals surface area (Å²) < 4.78 is 21.3. The van der Waals surface area contributed by atoms with Crippen molar-refractivity contribution in [3.63, 3.8) is 0 Å². The molecular formula is C14H18O7. The van der Waals surface area contributed by atoms with Crippen molar-refractivity contribution in [2.45, 2.75) is 44.5 Å². The van der Waals surface area contributed by atoms with E-state index in [0.29, 0.717) is 12.8 Å². The predicted octanol–water partition coefficient (Wildman–Crippen LogP) is 0.551. The van der Waals surface area contributed by atoms with E-state index in [1.165, 1.54) is 6.92 Å². The Labute approximate surface area is 121 Å². The van der Waals surface area contributed by atoms with Crippen molar-refractivity contribution in [3.8, 4) is 0 Å². The van der Waals surface area contributed by atoms with Gasteiger partial charge in [0.25, 0.3) is 5.79 Å². The molecule has 3 aliphatic heterocycles. The van der Waals surface area contributed by atoms with Crippen LogP contribution in [-0.4, -0.2) is 42.5 Å². The van der Waals surface area contributed by atoms with Crippen molar-refractivity contribution < 1.29 is 33.3 Å². The quantitative estimate of drug-likeness (QED) is 0.543. The molecule has 116 valence electrons. The highest BCUT2D eigenvalue weighted by Crippen LogP contribution is 2.54. The molecule has 0 aromatic rings. The first-order chi connectivity index (χ1) is 9.84. The van der Waals surface area contributed by atoms with E-state index in [1.54, 1.807) is 0 Å². The van der Waals surface area contributed by atoms with Crippen LogP contribution in [-0.2, 0) is 33.3 Å². The van der Waals surface area contributed by atoms with Gasteiger partial charge in [-0.2, -0.15) is 0 Å². The Kier molecular flexibility index (Phi) is 3.20. The molecular weight excluding hydrogens is 280 g/mol. The maximum atomic E-state index is 12.3. The highest BCUT2D eigenvalue weighted by Gasteiger charge is 2.65. The normalized spacial score (nSPS) is 41.6. The molecule has 1 saturated carbocycles. The summed E-state index contributed by atoms with van der Waals surface area (Å²) in [6.45, 7) is 2.55. The van der Waals surface area contributed by atoms with Crippen LogP contribution in [0.1, 0.15) is 33.1 Å². The second-order valence-corrected chi connectivity index (χ2v) is 6.17. The van der Waals surface area contributed by atoms with Crippen molar-refractivity contribution in [2.24, 2.45) is 11.8 Å². The Morgan fingerprint density at radius 2 is 2.19 bits per heavy atom. The van der Waals surface area contributed by atoms with Gasteiger partial charge in [-0.25, -0.2) is 0 Å². The lowest BCUT2D eigenvalue weighted by molar-refractivity contribution is -0.367. The molecule has 21 heavy (non-hydrogen) atoms. The summed E-state index contributed by atoms with van der Waals surface area (Å²) in [5.74, 6) is -3.09. The first-order valence-corrected chi connectivity index (χ1v) is 7.06. The third kappa shape index (κ3) is 2.39. The maximum Gasteiger partial charge on any atom is 0.314 e. The summed E-state index contributed by atoms with van der Waals surface area (Å²) >= 11 is 0. The summed E-state index contributed by atoms with van der Waals surface area (Å²) in [6.07, 6.45) is 1.55. The molecule has 4 aliphatic rings. The number of hydrogen-bond acceptors (Lipinski definition) is 7. The average molecular weight is 298 g/mol. The molecule has 0 radical (unpaired) electrons. The van der Waals surface area contributed by atoms with Gasteiger partial charge >= 0.3 is 17.9 Å². The third-order valence-electron chi connectivity index (χ3n) is 4.42. The van der Waals surface area contributed by atoms with Gasteiger partial charge < -0.3 is 18.9 Å². The van der Waals surface area contributed by atoms with Crippen LogP contribution in [0.4, 0.5) is 0 Å². The van der Waals surface area contributed by atoms with Crippen LogP contribution in [0, 0.1) is 11.8 Å². The smallest absolute Gasteiger partial charge is 0.314 e. The van der Waals surface area contributed by atoms with Gasteiger partial charge in [0.15, 0.2) is 13.2 Å². The van der Waals surface area contributed by atoms with Gasteiger partial charge in [-0.05, 0) is 25.7 Å². The average Bonchev–Trinajstić information content (AvgIpc) is 2.37. The molecule has 0 amide bonds. The molecule has 0 unspecified atom stereocenters. The zero-order valence-corrected chi connectivity index (χ0v) is 12.0. The summed E-state index contributed by atoms with van der Waals surface area (Å²) in [4.78, 5) is 35.0. The van der Waals surface area contributed by atoms with E-state index in [-0.39, 0.29) is 43.4 Å². The Balaban J connectivity index is 1.88. The van der Waals surface area contributed by atoms with Gasteiger partial charge in [-0.15, -0.1) is 0 Å². The van der Waals surface area contributed by atoms with Crippen molar-refractivity contribution in [3.05, 3.63) is 0 Å². The van der Waals surface area contributed by atoms with E-state index in [2.05, 4.69) is 0 Å². The Bertz CT molecular complexity index is 502. The zero-order chi connectivity index (χ0) is 15.3. The van der Waals surface area contributed by atoms with Crippen LogP contribution in [0.2, 0.25) is 0 Å². The fourth-order valence-electron chi connectivity index (χ4n) is 3.55. The molecule has 1 aliphatic carbocycles. The molecule has 0 N–H and O–H groups in total. The molecule has 4 rings (SSSR count). The Morgan fingerprint density at radius 3 is 2.86 bits per heavy atom. The number of rotatable bonds is 2. The lowest BCUT2D eigenvalue weighted by Crippen LogP contribution is -2.69. The van der Waals surface area contributed by atoms with Gasteiger partial charge in [0.1, 0.15) is 0 Å². The standard InChI is InChI=1S/C14H18O7/c1-8(15)18-6-14-7-19-10(16)4-3-9-5-13(2,21-14)11(9)12(17)20-14/h9,11H,3-7H2,1-2H3/t9-,11+,13+,14-/m1/s1. The fourth-order valence-corrected chi connectivity index (χ4v) is 3.55. The Morgan fingerprint density at radius 1 is 1.43 bits per heavy atom. The van der Waals surface area contributed by atoms with Gasteiger partial charge in [0.2, 0.25) is 0 Å². The van der Waals surface area contributed by atoms with E-state index in [1.807, 2.05) is 6.92 Å². The zero-order valence-electron chi connectivity index (χ0n) is 12.0. The van der Waals surface area contributed by atoms with Crippen LogP contribution in [0.25, 0.3) is 0 Å². The molecule has 0 aromatic heterocycles. The molecule has 0 aromatic carbocycles. The van der Waals surface area contributed by atoms with Crippen molar-refractivity contribution in [1.29, 1.82) is 0 Å². The SMILES string of the molecule is CC(=O)OC[C@]12COC(=O)CC[C@@H]3C[C@](C)(O1)[C@@H]3C(=O)O2. The van der Waals surface area contributed by atoms with Gasteiger partial charge in [0.05, 0.1) is 11.5 Å². The first-order valence-electron chi connectivity index (χ1n) is 7.06. The summed E-state index contributed by atoms with van der Waals surface area (Å²) in [7, 11) is 0. The highest BCUT2D eigenvalue weighted by atomic mass is 16.8. The highest BCUT2D eigenvalue weighted by molar-refractivity contribution is 5.78. The van der Waals surface area contributed by atoms with Crippen molar-refractivity contribution in [1.82, 2.24) is 0 Å². The van der Waals surface area contributed by atoms with E-state index < -0.39 is 17.4 Å². The van der Waals surface area contributed by atoms with Crippen LogP contribution in [0.3, 0.4) is 0 Å². The minimum Gasteiger partial charge on any atom is -0.459 e. The molecule has 7 nitrogen and oxygen atoms in total. The lowest BCUT2D eigenvalue weighted by Gasteiger charge is -2.58. The van der Waals surface area contributed by atoms with Gasteiger partial charge in [-0.1, -0.05) is 0 Å². The maximum absolute atomic E-state index is 12.3. The van der Waals surface area contributed by atoms with Crippen LogP contribution in [0.15, 0.2) is 0 Å². The van der Waals surface area contributed by atoms with Crippen molar-refractivity contribution >= 4 is 17.9 Å². The number of hydrogen-bond donors (Lipinski definition) is 0. The second kappa shape index (κ2) is 4.69. The number of esters is 3. The van der Waals surface area contributed by atoms with E-state index in [9.17, 15) is 14.4 Å². The number of ether oxygens (including phenoxy) is 4. The lowest BCUT2D eigenvalue weighted by atomic mass is 9.59. The van der Waals surface area contributed by atoms with Crippen molar-refractivity contribution in [2.75, 3.05) is 13.2 Å². The first kappa shape index (κ1) is 14.3. The summed E-state index contributed by atoms with van der Waals surface area (Å²) in [6, 6.07) is 0. The van der Waals surface area contributed by atoms with Gasteiger partial charge in [0, 0.05) is 13.3 Å². The minimum atomic E-state index is -1.54. The molecule has 4 atom stereocenters. The van der Waals surface area contributed by atoms with E-state index in [4.69, 9.17) is 18.9 Å². The monoisotopic (exact) mass is 298 g/mol. The molecule has 3 heterocycles. The molecule has 7 heteroatoms. The topological polar surface area (TPSA) is 88.1 Å². The van der Waals surface area contributed by atoms with Crippen LogP contribution >= 0.6 is 0 Å². The van der Waals surface area contributed by atoms with Gasteiger partial charge in [-0.3, -0.25) is 14.4 Å². The largest absolute Gasteiger partial charge is 0.459 e. The number of carbonyl (C=O) groups excluding carboxylic acids is 3. The molecule has 0 spiro atoms. The molecule has 4 fully saturated rings. The van der Waals surface area contributed by atoms with Crippen LogP contribution in [0.5, 0.6) is 0 Å². The molecule has 3 saturated heterocycles.